The molecule has 178 valence electrons. The van der Waals surface area contributed by atoms with E-state index in [1.54, 1.807) is 36.5 Å². The molecule has 9 nitrogen and oxygen atoms in total. The Kier molecular flexibility index (Phi) is 5.83. The van der Waals surface area contributed by atoms with Crippen LogP contribution in [0, 0.1) is 0 Å². The SMILES string of the molecule is COc1ccc(-c2n[nH]c3c2C(c2cccnc2)N(CCc2ccc(S(N)(=O)=O)cc2)C3=O)cc1. The van der Waals surface area contributed by atoms with Crippen molar-refractivity contribution in [2.75, 3.05) is 13.7 Å². The van der Waals surface area contributed by atoms with Gasteiger partial charge in [0, 0.05) is 30.1 Å². The standard InChI is InChI=1S/C25H23N5O4S/c1-34-19-8-6-17(7-9-19)22-21-23(29-28-22)25(31)30(24(21)18-3-2-13-27-15-18)14-12-16-4-10-20(11-5-16)35(26,32)33/h2-11,13,15,24H,12,14H2,1H3,(H,28,29)(H2,26,32,33). The van der Waals surface area contributed by atoms with Gasteiger partial charge in [-0.05, 0) is 60.0 Å². The Hall–Kier alpha value is -4.02. The number of nitrogens with zero attached hydrogens (tertiary/aromatic N) is 3. The highest BCUT2D eigenvalue weighted by Gasteiger charge is 2.42. The quantitative estimate of drug-likeness (QED) is 0.410. The van der Waals surface area contributed by atoms with Crippen LogP contribution >= 0.6 is 0 Å². The van der Waals surface area contributed by atoms with E-state index < -0.39 is 10.0 Å². The number of hydrogen-bond acceptors (Lipinski definition) is 6. The van der Waals surface area contributed by atoms with Gasteiger partial charge in [-0.15, -0.1) is 0 Å². The van der Waals surface area contributed by atoms with E-state index in [0.717, 1.165) is 28.0 Å². The lowest BCUT2D eigenvalue weighted by atomic mass is 9.97. The van der Waals surface area contributed by atoms with Crippen LogP contribution in [-0.4, -0.2) is 48.1 Å². The average molecular weight is 490 g/mol. The number of primary sulfonamides is 1. The molecule has 1 unspecified atom stereocenters. The van der Waals surface area contributed by atoms with Gasteiger partial charge >= 0.3 is 0 Å². The number of H-pyrrole nitrogens is 1. The molecule has 1 aliphatic heterocycles. The van der Waals surface area contributed by atoms with Gasteiger partial charge < -0.3 is 9.64 Å². The molecule has 5 rings (SSSR count). The molecule has 0 fully saturated rings. The normalized spacial score (nSPS) is 15.3. The maximum Gasteiger partial charge on any atom is 0.273 e. The number of rotatable bonds is 7. The van der Waals surface area contributed by atoms with Crippen molar-refractivity contribution in [3.8, 4) is 17.0 Å². The first kappa shape index (κ1) is 22.8. The van der Waals surface area contributed by atoms with E-state index in [4.69, 9.17) is 9.88 Å². The van der Waals surface area contributed by atoms with Gasteiger partial charge in [0.2, 0.25) is 10.0 Å². The molecule has 0 saturated carbocycles. The molecule has 0 saturated heterocycles. The minimum absolute atomic E-state index is 0.0527. The van der Waals surface area contributed by atoms with E-state index in [2.05, 4.69) is 15.2 Å². The lowest BCUT2D eigenvalue weighted by Gasteiger charge is -2.26. The van der Waals surface area contributed by atoms with E-state index in [0.29, 0.717) is 24.4 Å². The van der Waals surface area contributed by atoms with Crippen molar-refractivity contribution >= 4 is 15.9 Å². The van der Waals surface area contributed by atoms with Gasteiger partial charge in [-0.2, -0.15) is 5.10 Å². The molecule has 10 heteroatoms. The van der Waals surface area contributed by atoms with Gasteiger partial charge in [0.1, 0.15) is 11.4 Å². The number of hydrogen-bond donors (Lipinski definition) is 2. The first-order valence-electron chi connectivity index (χ1n) is 10.9. The zero-order valence-corrected chi connectivity index (χ0v) is 19.7. The van der Waals surface area contributed by atoms with Crippen LogP contribution < -0.4 is 9.88 Å². The van der Waals surface area contributed by atoms with Crippen molar-refractivity contribution in [2.45, 2.75) is 17.4 Å². The van der Waals surface area contributed by atoms with Crippen molar-refractivity contribution in [1.29, 1.82) is 0 Å². The first-order chi connectivity index (χ1) is 16.9. The van der Waals surface area contributed by atoms with Crippen LogP contribution in [0.2, 0.25) is 0 Å². The molecular formula is C25H23N5O4S. The molecule has 2 aromatic carbocycles. The molecule has 0 radical (unpaired) electrons. The second kappa shape index (κ2) is 8.97. The lowest BCUT2D eigenvalue weighted by molar-refractivity contribution is 0.0745. The van der Waals surface area contributed by atoms with Crippen LogP contribution in [0.4, 0.5) is 0 Å². The summed E-state index contributed by atoms with van der Waals surface area (Å²) in [6.07, 6.45) is 3.98. The summed E-state index contributed by atoms with van der Waals surface area (Å²) in [5.41, 5.74) is 4.59. The maximum atomic E-state index is 13.5. The number of nitrogens with one attached hydrogen (secondary N) is 1. The van der Waals surface area contributed by atoms with Crippen LogP contribution in [0.15, 0.2) is 78.0 Å². The van der Waals surface area contributed by atoms with Gasteiger partial charge in [-0.3, -0.25) is 14.9 Å². The Morgan fingerprint density at radius 3 is 2.46 bits per heavy atom. The highest BCUT2D eigenvalue weighted by molar-refractivity contribution is 7.89. The predicted molar refractivity (Wildman–Crippen MR) is 129 cm³/mol. The fraction of sp³-hybridized carbons (Fsp3) is 0.160. The summed E-state index contributed by atoms with van der Waals surface area (Å²) in [5, 5.41) is 12.6. The topological polar surface area (TPSA) is 131 Å². The zero-order chi connectivity index (χ0) is 24.6. The smallest absolute Gasteiger partial charge is 0.273 e. The fourth-order valence-electron chi connectivity index (χ4n) is 4.38. The van der Waals surface area contributed by atoms with Gasteiger partial charge in [0.15, 0.2) is 0 Å². The summed E-state index contributed by atoms with van der Waals surface area (Å²) in [6.45, 7) is 0.414. The number of nitrogens with two attached hydrogens (primary N) is 1. The number of benzene rings is 2. The number of carbonyl (C=O) groups excluding carboxylic acids is 1. The molecule has 1 amide bonds. The largest absolute Gasteiger partial charge is 0.497 e. The van der Waals surface area contributed by atoms with E-state index >= 15 is 0 Å². The number of pyridine rings is 1. The third-order valence-electron chi connectivity index (χ3n) is 6.12. The predicted octanol–water partition coefficient (Wildman–Crippen LogP) is 2.92. The second-order valence-corrected chi connectivity index (χ2v) is 9.78. The Bertz CT molecular complexity index is 1470. The molecule has 1 atom stereocenters. The summed E-state index contributed by atoms with van der Waals surface area (Å²) in [5.74, 6) is 0.582. The third-order valence-corrected chi connectivity index (χ3v) is 7.05. The average Bonchev–Trinajstić information content (AvgIpc) is 3.42. The molecule has 0 aliphatic carbocycles. The summed E-state index contributed by atoms with van der Waals surface area (Å²) >= 11 is 0. The lowest BCUT2D eigenvalue weighted by Crippen LogP contribution is -2.31. The van der Waals surface area contributed by atoms with Crippen molar-refractivity contribution in [3.63, 3.8) is 0 Å². The number of fused-ring (bicyclic) bond motifs is 1. The van der Waals surface area contributed by atoms with Crippen LogP contribution in [-0.2, 0) is 16.4 Å². The molecule has 3 heterocycles. The van der Waals surface area contributed by atoms with E-state index in [-0.39, 0.29) is 16.8 Å². The molecule has 35 heavy (non-hydrogen) atoms. The number of aromatic amines is 1. The van der Waals surface area contributed by atoms with Gasteiger partial charge in [-0.25, -0.2) is 13.6 Å². The molecule has 1 aliphatic rings. The van der Waals surface area contributed by atoms with Crippen molar-refractivity contribution in [2.24, 2.45) is 5.14 Å². The monoisotopic (exact) mass is 489 g/mol. The van der Waals surface area contributed by atoms with Crippen molar-refractivity contribution < 1.29 is 17.9 Å². The second-order valence-electron chi connectivity index (χ2n) is 8.22. The Morgan fingerprint density at radius 1 is 1.09 bits per heavy atom. The van der Waals surface area contributed by atoms with E-state index in [1.165, 1.54) is 12.1 Å². The summed E-state index contributed by atoms with van der Waals surface area (Å²) in [7, 11) is -2.15. The molecule has 0 spiro atoms. The third kappa shape index (κ3) is 4.29. The summed E-state index contributed by atoms with van der Waals surface area (Å²) in [6, 6.07) is 17.3. The van der Waals surface area contributed by atoms with Crippen molar-refractivity contribution in [1.82, 2.24) is 20.1 Å². The summed E-state index contributed by atoms with van der Waals surface area (Å²) < 4.78 is 28.3. The number of methoxy groups -OCH3 is 1. The van der Waals surface area contributed by atoms with Crippen molar-refractivity contribution in [3.05, 3.63) is 95.4 Å². The first-order valence-corrected chi connectivity index (χ1v) is 12.5. The summed E-state index contributed by atoms with van der Waals surface area (Å²) in [4.78, 5) is 19.6. The van der Waals surface area contributed by atoms with Gasteiger partial charge in [0.05, 0.1) is 23.7 Å². The van der Waals surface area contributed by atoms with Crippen LogP contribution in [0.5, 0.6) is 5.75 Å². The fourth-order valence-corrected chi connectivity index (χ4v) is 4.89. The zero-order valence-electron chi connectivity index (χ0n) is 18.9. The number of aromatic nitrogens is 3. The number of amides is 1. The molecule has 2 aromatic heterocycles. The Labute approximate surface area is 202 Å². The van der Waals surface area contributed by atoms with Crippen LogP contribution in [0.3, 0.4) is 0 Å². The van der Waals surface area contributed by atoms with E-state index in [1.807, 2.05) is 36.4 Å². The molecule has 0 bridgehead atoms. The number of carbonyl (C=O) groups is 1. The highest BCUT2D eigenvalue weighted by Crippen LogP contribution is 2.42. The highest BCUT2D eigenvalue weighted by atomic mass is 32.2. The minimum atomic E-state index is -3.76. The maximum absolute atomic E-state index is 13.5. The van der Waals surface area contributed by atoms with Gasteiger partial charge in [-0.1, -0.05) is 18.2 Å². The number of sulfonamides is 1. The molecule has 4 aromatic rings. The van der Waals surface area contributed by atoms with Crippen LogP contribution in [0.25, 0.3) is 11.3 Å². The van der Waals surface area contributed by atoms with E-state index in [9.17, 15) is 13.2 Å². The Balaban J connectivity index is 1.49. The molecule has 3 N–H and O–H groups in total. The number of ether oxygens (including phenoxy) is 1. The Morgan fingerprint density at radius 2 is 1.83 bits per heavy atom. The van der Waals surface area contributed by atoms with Gasteiger partial charge in [0.25, 0.3) is 5.91 Å². The molecular weight excluding hydrogens is 466 g/mol. The van der Waals surface area contributed by atoms with Crippen LogP contribution in [0.1, 0.15) is 33.2 Å². The minimum Gasteiger partial charge on any atom is -0.497 e.